The number of nitrogens with one attached hydrogen (secondary N) is 1. The molecule has 2 aliphatic rings. The van der Waals surface area contributed by atoms with Gasteiger partial charge in [0.2, 0.25) is 0 Å². The van der Waals surface area contributed by atoms with E-state index in [1.807, 2.05) is 27.0 Å². The van der Waals surface area contributed by atoms with Gasteiger partial charge in [0.25, 0.3) is 0 Å². The van der Waals surface area contributed by atoms with Crippen LogP contribution < -0.4 is 10.2 Å². The first-order valence-electron chi connectivity index (χ1n) is 9.34. The molecule has 3 rings (SSSR count). The van der Waals surface area contributed by atoms with Gasteiger partial charge >= 0.3 is 6.09 Å². The van der Waals surface area contributed by atoms with E-state index in [-0.39, 0.29) is 6.09 Å². The molecule has 0 unspecified atom stereocenters. The summed E-state index contributed by atoms with van der Waals surface area (Å²) in [5, 5.41) is 3.56. The van der Waals surface area contributed by atoms with Crippen molar-refractivity contribution in [3.05, 3.63) is 23.9 Å². The highest BCUT2D eigenvalue weighted by molar-refractivity contribution is 5.68. The third-order valence-corrected chi connectivity index (χ3v) is 4.74. The number of nitrogens with zero attached hydrogens (tertiary/aromatic N) is 3. The van der Waals surface area contributed by atoms with Crippen LogP contribution in [0.2, 0.25) is 0 Å². The van der Waals surface area contributed by atoms with E-state index in [2.05, 4.69) is 27.3 Å². The quantitative estimate of drug-likeness (QED) is 0.892. The standard InChI is InChI=1S/C19H30N4O2/c1-19(2,3)25-18(24)23-12-10-22(11-13-23)17-8-7-15(14-21-17)16-6-4-5-9-20-16/h7-8,14,16,20H,4-6,9-13H2,1-3H3/t16-/m1/s1. The summed E-state index contributed by atoms with van der Waals surface area (Å²) in [4.78, 5) is 20.8. The maximum Gasteiger partial charge on any atom is 0.410 e. The molecule has 0 aliphatic carbocycles. The first kappa shape index (κ1) is 18.0. The van der Waals surface area contributed by atoms with Crippen LogP contribution in [-0.4, -0.2) is 54.3 Å². The highest BCUT2D eigenvalue weighted by atomic mass is 16.6. The Kier molecular flexibility index (Phi) is 5.47. The molecule has 1 N–H and O–H groups in total. The van der Waals surface area contributed by atoms with Gasteiger partial charge in [-0.3, -0.25) is 0 Å². The number of hydrogen-bond donors (Lipinski definition) is 1. The number of aromatic nitrogens is 1. The lowest BCUT2D eigenvalue weighted by Crippen LogP contribution is -2.50. The maximum absolute atomic E-state index is 12.1. The van der Waals surface area contributed by atoms with E-state index in [0.717, 1.165) is 25.5 Å². The third kappa shape index (κ3) is 4.84. The first-order chi connectivity index (χ1) is 11.9. The van der Waals surface area contributed by atoms with Gasteiger partial charge in [0.15, 0.2) is 0 Å². The molecule has 2 fully saturated rings. The largest absolute Gasteiger partial charge is 0.444 e. The van der Waals surface area contributed by atoms with E-state index in [4.69, 9.17) is 4.74 Å². The predicted octanol–water partition coefficient (Wildman–Crippen LogP) is 2.95. The third-order valence-electron chi connectivity index (χ3n) is 4.74. The van der Waals surface area contributed by atoms with Crippen molar-refractivity contribution >= 4 is 11.9 Å². The molecule has 2 aliphatic heterocycles. The Morgan fingerprint density at radius 3 is 2.52 bits per heavy atom. The first-order valence-corrected chi connectivity index (χ1v) is 9.34. The normalized spacial score (nSPS) is 22.0. The molecule has 2 saturated heterocycles. The van der Waals surface area contributed by atoms with Gasteiger partial charge in [0, 0.05) is 38.4 Å². The minimum absolute atomic E-state index is 0.223. The van der Waals surface area contributed by atoms with Crippen LogP contribution in [0.4, 0.5) is 10.6 Å². The molecule has 1 amide bonds. The average molecular weight is 346 g/mol. The number of rotatable bonds is 2. The summed E-state index contributed by atoms with van der Waals surface area (Å²) in [5.74, 6) is 0.989. The zero-order valence-electron chi connectivity index (χ0n) is 15.6. The van der Waals surface area contributed by atoms with E-state index >= 15 is 0 Å². The summed E-state index contributed by atoms with van der Waals surface area (Å²) >= 11 is 0. The molecule has 1 aromatic heterocycles. The molecule has 0 aromatic carbocycles. The van der Waals surface area contributed by atoms with Gasteiger partial charge in [-0.1, -0.05) is 12.5 Å². The zero-order chi connectivity index (χ0) is 17.9. The SMILES string of the molecule is CC(C)(C)OC(=O)N1CCN(c2ccc([C@H]3CCCCN3)cn2)CC1. The van der Waals surface area contributed by atoms with Gasteiger partial charge < -0.3 is 19.9 Å². The number of carbonyl (C=O) groups excluding carboxylic acids is 1. The van der Waals surface area contributed by atoms with E-state index in [0.29, 0.717) is 19.1 Å². The van der Waals surface area contributed by atoms with Crippen LogP contribution in [-0.2, 0) is 4.74 Å². The van der Waals surface area contributed by atoms with E-state index in [1.54, 1.807) is 4.90 Å². The fraction of sp³-hybridized carbons (Fsp3) is 0.684. The molecule has 138 valence electrons. The second-order valence-electron chi connectivity index (χ2n) is 7.91. The summed E-state index contributed by atoms with van der Waals surface area (Å²) < 4.78 is 5.45. The van der Waals surface area contributed by atoms with Crippen molar-refractivity contribution in [3.63, 3.8) is 0 Å². The van der Waals surface area contributed by atoms with Crippen molar-refractivity contribution in [2.45, 2.75) is 51.7 Å². The predicted molar refractivity (Wildman–Crippen MR) is 98.9 cm³/mol. The lowest BCUT2D eigenvalue weighted by atomic mass is 9.99. The second-order valence-corrected chi connectivity index (χ2v) is 7.91. The summed E-state index contributed by atoms with van der Waals surface area (Å²) in [6.45, 7) is 9.69. The van der Waals surface area contributed by atoms with Crippen LogP contribution in [0.15, 0.2) is 18.3 Å². The van der Waals surface area contributed by atoms with Gasteiger partial charge in [-0.2, -0.15) is 0 Å². The highest BCUT2D eigenvalue weighted by Gasteiger charge is 2.26. The molecule has 0 bridgehead atoms. The lowest BCUT2D eigenvalue weighted by Gasteiger charge is -2.36. The Bertz CT molecular complexity index is 568. The van der Waals surface area contributed by atoms with Crippen LogP contribution in [0.5, 0.6) is 0 Å². The summed E-state index contributed by atoms with van der Waals surface area (Å²) in [6, 6.07) is 4.74. The minimum atomic E-state index is -0.446. The van der Waals surface area contributed by atoms with Gasteiger partial charge in [-0.25, -0.2) is 9.78 Å². The van der Waals surface area contributed by atoms with Crippen LogP contribution in [0.3, 0.4) is 0 Å². The van der Waals surface area contributed by atoms with E-state index in [1.165, 1.54) is 24.8 Å². The fourth-order valence-electron chi connectivity index (χ4n) is 3.37. The monoisotopic (exact) mass is 346 g/mol. The number of piperazine rings is 1. The average Bonchev–Trinajstić information content (AvgIpc) is 2.61. The van der Waals surface area contributed by atoms with Gasteiger partial charge in [0.1, 0.15) is 11.4 Å². The van der Waals surface area contributed by atoms with E-state index in [9.17, 15) is 4.79 Å². The number of carbonyl (C=O) groups is 1. The molecular formula is C19H30N4O2. The van der Waals surface area contributed by atoms with Gasteiger partial charge in [-0.15, -0.1) is 0 Å². The Labute approximate surface area is 150 Å². The Balaban J connectivity index is 1.53. The number of amides is 1. The van der Waals surface area contributed by atoms with Gasteiger partial charge in [-0.05, 0) is 51.8 Å². The Morgan fingerprint density at radius 2 is 1.96 bits per heavy atom. The minimum Gasteiger partial charge on any atom is -0.444 e. The zero-order valence-corrected chi connectivity index (χ0v) is 15.6. The van der Waals surface area contributed by atoms with Crippen molar-refractivity contribution in [1.82, 2.24) is 15.2 Å². The van der Waals surface area contributed by atoms with Crippen molar-refractivity contribution in [2.75, 3.05) is 37.6 Å². The molecule has 0 radical (unpaired) electrons. The number of piperidine rings is 1. The van der Waals surface area contributed by atoms with Crippen molar-refractivity contribution < 1.29 is 9.53 Å². The fourth-order valence-corrected chi connectivity index (χ4v) is 3.37. The van der Waals surface area contributed by atoms with Crippen LogP contribution in [0.25, 0.3) is 0 Å². The van der Waals surface area contributed by atoms with Crippen LogP contribution in [0.1, 0.15) is 51.6 Å². The molecule has 3 heterocycles. The number of anilines is 1. The number of ether oxygens (including phenoxy) is 1. The second kappa shape index (κ2) is 7.60. The van der Waals surface area contributed by atoms with E-state index < -0.39 is 5.60 Å². The molecule has 6 heteroatoms. The molecule has 1 aromatic rings. The molecular weight excluding hydrogens is 316 g/mol. The van der Waals surface area contributed by atoms with Crippen LogP contribution >= 0.6 is 0 Å². The highest BCUT2D eigenvalue weighted by Crippen LogP contribution is 2.24. The Hall–Kier alpha value is -1.82. The number of hydrogen-bond acceptors (Lipinski definition) is 5. The smallest absolute Gasteiger partial charge is 0.410 e. The molecule has 1 atom stereocenters. The molecule has 6 nitrogen and oxygen atoms in total. The topological polar surface area (TPSA) is 57.7 Å². The number of pyridine rings is 1. The summed E-state index contributed by atoms with van der Waals surface area (Å²) in [7, 11) is 0. The summed E-state index contributed by atoms with van der Waals surface area (Å²) in [5.41, 5.74) is 0.828. The van der Waals surface area contributed by atoms with Crippen LogP contribution in [0, 0.1) is 0 Å². The Morgan fingerprint density at radius 1 is 1.20 bits per heavy atom. The summed E-state index contributed by atoms with van der Waals surface area (Å²) in [6.07, 6.45) is 5.52. The molecule has 25 heavy (non-hydrogen) atoms. The van der Waals surface area contributed by atoms with Crippen molar-refractivity contribution in [3.8, 4) is 0 Å². The maximum atomic E-state index is 12.1. The van der Waals surface area contributed by atoms with Gasteiger partial charge in [0.05, 0.1) is 0 Å². The van der Waals surface area contributed by atoms with Crippen molar-refractivity contribution in [1.29, 1.82) is 0 Å². The molecule has 0 spiro atoms. The van der Waals surface area contributed by atoms with Crippen molar-refractivity contribution in [2.24, 2.45) is 0 Å². The lowest BCUT2D eigenvalue weighted by molar-refractivity contribution is 0.0240. The molecule has 0 saturated carbocycles.